The first-order valence-corrected chi connectivity index (χ1v) is 6.92. The number of carbonyl (C=O) groups is 1. The highest BCUT2D eigenvalue weighted by Crippen LogP contribution is 2.13. The van der Waals surface area contributed by atoms with Crippen LogP contribution in [-0.4, -0.2) is 30.2 Å². The van der Waals surface area contributed by atoms with E-state index in [4.69, 9.17) is 4.74 Å². The van der Waals surface area contributed by atoms with E-state index in [2.05, 4.69) is 19.9 Å². The highest BCUT2D eigenvalue weighted by Gasteiger charge is 2.19. The van der Waals surface area contributed by atoms with Gasteiger partial charge in [-0.2, -0.15) is 0 Å². The molecule has 1 amide bonds. The third-order valence-corrected chi connectivity index (χ3v) is 2.44. The SMILES string of the molecule is CCC/C=C(/CCC)CN(C)C(=O)OC(C)(C)C. The van der Waals surface area contributed by atoms with Crippen LogP contribution < -0.4 is 0 Å². The van der Waals surface area contributed by atoms with Crippen molar-refractivity contribution in [3.05, 3.63) is 11.6 Å². The van der Waals surface area contributed by atoms with Gasteiger partial charge in [-0.05, 0) is 33.6 Å². The van der Waals surface area contributed by atoms with E-state index in [1.165, 1.54) is 5.57 Å². The highest BCUT2D eigenvalue weighted by atomic mass is 16.6. The molecule has 0 saturated heterocycles. The Hall–Kier alpha value is -0.990. The van der Waals surface area contributed by atoms with Gasteiger partial charge in [0.25, 0.3) is 0 Å². The zero-order chi connectivity index (χ0) is 14.2. The fourth-order valence-corrected chi connectivity index (χ4v) is 1.62. The van der Waals surface area contributed by atoms with Crippen molar-refractivity contribution in [1.29, 1.82) is 0 Å². The van der Waals surface area contributed by atoms with E-state index in [1.54, 1.807) is 11.9 Å². The van der Waals surface area contributed by atoms with Crippen molar-refractivity contribution < 1.29 is 9.53 Å². The molecule has 0 radical (unpaired) electrons. The summed E-state index contributed by atoms with van der Waals surface area (Å²) in [7, 11) is 1.80. The van der Waals surface area contributed by atoms with Crippen molar-refractivity contribution in [3.63, 3.8) is 0 Å². The summed E-state index contributed by atoms with van der Waals surface area (Å²) < 4.78 is 5.34. The molecule has 0 saturated carbocycles. The molecule has 0 aromatic heterocycles. The minimum atomic E-state index is -0.427. The molecule has 3 nitrogen and oxygen atoms in total. The lowest BCUT2D eigenvalue weighted by atomic mass is 10.1. The van der Waals surface area contributed by atoms with Gasteiger partial charge in [-0.1, -0.05) is 38.3 Å². The molecule has 0 N–H and O–H groups in total. The Morgan fingerprint density at radius 2 is 1.83 bits per heavy atom. The molecule has 18 heavy (non-hydrogen) atoms. The second-order valence-electron chi connectivity index (χ2n) is 5.74. The quantitative estimate of drug-likeness (QED) is 0.659. The normalized spacial score (nSPS) is 12.4. The minimum Gasteiger partial charge on any atom is -0.444 e. The predicted molar refractivity (Wildman–Crippen MR) is 76.8 cm³/mol. The number of ether oxygens (including phenoxy) is 1. The fraction of sp³-hybridized carbons (Fsp3) is 0.800. The van der Waals surface area contributed by atoms with E-state index in [9.17, 15) is 4.79 Å². The van der Waals surface area contributed by atoms with Gasteiger partial charge in [-0.25, -0.2) is 4.79 Å². The third-order valence-electron chi connectivity index (χ3n) is 2.44. The van der Waals surface area contributed by atoms with Crippen molar-refractivity contribution in [1.82, 2.24) is 4.90 Å². The summed E-state index contributed by atoms with van der Waals surface area (Å²) in [4.78, 5) is 13.5. The van der Waals surface area contributed by atoms with Crippen LogP contribution in [0.3, 0.4) is 0 Å². The van der Waals surface area contributed by atoms with Crippen molar-refractivity contribution in [2.45, 2.75) is 65.9 Å². The van der Waals surface area contributed by atoms with Gasteiger partial charge < -0.3 is 9.64 Å². The summed E-state index contributed by atoms with van der Waals surface area (Å²) in [5, 5.41) is 0. The number of hydrogen-bond acceptors (Lipinski definition) is 2. The first-order chi connectivity index (χ1) is 8.30. The molecule has 0 rings (SSSR count). The van der Waals surface area contributed by atoms with Crippen LogP contribution in [-0.2, 0) is 4.74 Å². The molecule has 0 bridgehead atoms. The summed E-state index contributed by atoms with van der Waals surface area (Å²) in [6.07, 6.45) is 6.39. The molecule has 0 aromatic carbocycles. The number of hydrogen-bond donors (Lipinski definition) is 0. The topological polar surface area (TPSA) is 29.5 Å². The van der Waals surface area contributed by atoms with Crippen LogP contribution >= 0.6 is 0 Å². The largest absolute Gasteiger partial charge is 0.444 e. The van der Waals surface area contributed by atoms with Crippen LogP contribution in [0, 0.1) is 0 Å². The van der Waals surface area contributed by atoms with Crippen LogP contribution in [0.4, 0.5) is 4.79 Å². The summed E-state index contributed by atoms with van der Waals surface area (Å²) in [6, 6.07) is 0. The summed E-state index contributed by atoms with van der Waals surface area (Å²) in [5.74, 6) is 0. The maximum absolute atomic E-state index is 11.8. The Bertz CT molecular complexity index is 277. The summed E-state index contributed by atoms with van der Waals surface area (Å²) in [6.45, 7) is 10.7. The zero-order valence-electron chi connectivity index (χ0n) is 12.9. The van der Waals surface area contributed by atoms with E-state index >= 15 is 0 Å². The van der Waals surface area contributed by atoms with E-state index in [1.807, 2.05) is 20.8 Å². The van der Waals surface area contributed by atoms with Gasteiger partial charge in [0.2, 0.25) is 0 Å². The van der Waals surface area contributed by atoms with Gasteiger partial charge >= 0.3 is 6.09 Å². The van der Waals surface area contributed by atoms with Gasteiger partial charge in [0.1, 0.15) is 5.60 Å². The predicted octanol–water partition coefficient (Wildman–Crippen LogP) is 4.38. The Morgan fingerprint density at radius 3 is 2.28 bits per heavy atom. The maximum Gasteiger partial charge on any atom is 0.410 e. The second-order valence-corrected chi connectivity index (χ2v) is 5.74. The van der Waals surface area contributed by atoms with E-state index in [0.29, 0.717) is 6.54 Å². The first kappa shape index (κ1) is 17.0. The van der Waals surface area contributed by atoms with E-state index in [0.717, 1.165) is 25.7 Å². The summed E-state index contributed by atoms with van der Waals surface area (Å²) >= 11 is 0. The van der Waals surface area contributed by atoms with Crippen molar-refractivity contribution in [3.8, 4) is 0 Å². The molecule has 0 spiro atoms. The lowest BCUT2D eigenvalue weighted by Gasteiger charge is -2.25. The molecule has 0 aliphatic rings. The number of nitrogens with zero attached hydrogens (tertiary/aromatic N) is 1. The molecule has 0 aromatic rings. The Balaban J connectivity index is 4.40. The van der Waals surface area contributed by atoms with Crippen molar-refractivity contribution >= 4 is 6.09 Å². The number of rotatable bonds is 6. The lowest BCUT2D eigenvalue weighted by molar-refractivity contribution is 0.0312. The van der Waals surface area contributed by atoms with Gasteiger partial charge in [0.05, 0.1) is 0 Å². The number of amides is 1. The number of allylic oxidation sites excluding steroid dienone is 1. The Labute approximate surface area is 112 Å². The molecule has 3 heteroatoms. The average Bonchev–Trinajstić information content (AvgIpc) is 2.23. The monoisotopic (exact) mass is 255 g/mol. The number of likely N-dealkylation sites (N-methyl/N-ethyl adjacent to an activating group) is 1. The highest BCUT2D eigenvalue weighted by molar-refractivity contribution is 5.68. The smallest absolute Gasteiger partial charge is 0.410 e. The third kappa shape index (κ3) is 8.15. The van der Waals surface area contributed by atoms with Gasteiger partial charge in [0.15, 0.2) is 0 Å². The van der Waals surface area contributed by atoms with Gasteiger partial charge in [-0.3, -0.25) is 0 Å². The lowest BCUT2D eigenvalue weighted by Crippen LogP contribution is -2.35. The van der Waals surface area contributed by atoms with Gasteiger partial charge in [-0.15, -0.1) is 0 Å². The second kappa shape index (κ2) is 8.17. The van der Waals surface area contributed by atoms with Crippen LogP contribution in [0.2, 0.25) is 0 Å². The van der Waals surface area contributed by atoms with Crippen LogP contribution in [0.5, 0.6) is 0 Å². The van der Waals surface area contributed by atoms with Crippen LogP contribution in [0.15, 0.2) is 11.6 Å². The summed E-state index contributed by atoms with van der Waals surface area (Å²) in [5.41, 5.74) is 0.899. The molecule has 0 fully saturated rings. The maximum atomic E-state index is 11.8. The zero-order valence-corrected chi connectivity index (χ0v) is 12.9. The van der Waals surface area contributed by atoms with Gasteiger partial charge in [0, 0.05) is 13.6 Å². The molecular weight excluding hydrogens is 226 g/mol. The molecule has 106 valence electrons. The Morgan fingerprint density at radius 1 is 1.22 bits per heavy atom. The van der Waals surface area contributed by atoms with Crippen LogP contribution in [0.1, 0.15) is 60.3 Å². The van der Waals surface area contributed by atoms with E-state index < -0.39 is 5.60 Å². The average molecular weight is 255 g/mol. The molecule has 0 unspecified atom stereocenters. The van der Waals surface area contributed by atoms with Crippen molar-refractivity contribution in [2.24, 2.45) is 0 Å². The Kier molecular flexibility index (Phi) is 7.72. The number of unbranched alkanes of at least 4 members (excludes halogenated alkanes) is 1. The molecule has 0 heterocycles. The van der Waals surface area contributed by atoms with Crippen LogP contribution in [0.25, 0.3) is 0 Å². The molecule has 0 atom stereocenters. The fourth-order valence-electron chi connectivity index (χ4n) is 1.62. The standard InChI is InChI=1S/C15H29NO2/c1-7-9-11-13(10-8-2)12-16(6)14(17)18-15(3,4)5/h11H,7-10,12H2,1-6H3/b13-11-. The molecular formula is C15H29NO2. The van der Waals surface area contributed by atoms with E-state index in [-0.39, 0.29) is 6.09 Å². The number of carbonyl (C=O) groups excluding carboxylic acids is 1. The first-order valence-electron chi connectivity index (χ1n) is 6.92. The van der Waals surface area contributed by atoms with Crippen molar-refractivity contribution in [2.75, 3.05) is 13.6 Å². The molecule has 0 aliphatic heterocycles. The molecule has 0 aliphatic carbocycles. The minimum absolute atomic E-state index is 0.249.